The highest BCUT2D eigenvalue weighted by Gasteiger charge is 2.04. The summed E-state index contributed by atoms with van der Waals surface area (Å²) in [6, 6.07) is 6.76. The van der Waals surface area contributed by atoms with E-state index in [0.29, 0.717) is 30.9 Å². The number of hydrogen-bond donors (Lipinski definition) is 0. The average Bonchev–Trinajstić information content (AvgIpc) is 2.50. The second-order valence-corrected chi connectivity index (χ2v) is 4.15. The van der Waals surface area contributed by atoms with Crippen LogP contribution in [0, 0.1) is 0 Å². The fraction of sp³-hybridized carbons (Fsp3) is 0.467. The third kappa shape index (κ3) is 5.73. The highest BCUT2D eigenvalue weighted by molar-refractivity contribution is 5.89. The lowest BCUT2D eigenvalue weighted by molar-refractivity contribution is -0.143. The number of ether oxygens (including phenoxy) is 3. The first-order valence-corrected chi connectivity index (χ1v) is 6.64. The third-order valence-electron chi connectivity index (χ3n) is 2.63. The van der Waals surface area contributed by atoms with Crippen molar-refractivity contribution in [2.45, 2.75) is 26.2 Å². The summed E-state index contributed by atoms with van der Waals surface area (Å²) in [4.78, 5) is 22.1. The van der Waals surface area contributed by atoms with E-state index < -0.39 is 0 Å². The minimum atomic E-state index is -0.366. The van der Waals surface area contributed by atoms with Gasteiger partial charge in [0.25, 0.3) is 0 Å². The summed E-state index contributed by atoms with van der Waals surface area (Å²) in [5.41, 5.74) is 0.492. The van der Waals surface area contributed by atoms with Crippen molar-refractivity contribution in [2.75, 3.05) is 20.3 Å². The summed E-state index contributed by atoms with van der Waals surface area (Å²) in [7, 11) is 1.35. The van der Waals surface area contributed by atoms with Gasteiger partial charge in [-0.25, -0.2) is 4.79 Å². The number of unbranched alkanes of at least 4 members (excludes halogenated alkanes) is 1. The van der Waals surface area contributed by atoms with Crippen molar-refractivity contribution in [3.05, 3.63) is 29.8 Å². The Morgan fingerprint density at radius 3 is 2.30 bits per heavy atom. The Labute approximate surface area is 118 Å². The van der Waals surface area contributed by atoms with Crippen LogP contribution in [0.5, 0.6) is 5.75 Å². The standard InChI is InChI=1S/C15H20O5/c1-3-14(16)20-11-5-4-10-19-13-8-6-12(7-9-13)15(17)18-2/h6-9H,3-5,10-11H2,1-2H3. The van der Waals surface area contributed by atoms with E-state index in [2.05, 4.69) is 4.74 Å². The molecule has 0 bridgehead atoms. The zero-order chi connectivity index (χ0) is 14.8. The molecular formula is C15H20O5. The lowest BCUT2D eigenvalue weighted by atomic mass is 10.2. The second kappa shape index (κ2) is 8.96. The van der Waals surface area contributed by atoms with Crippen molar-refractivity contribution >= 4 is 11.9 Å². The van der Waals surface area contributed by atoms with E-state index in [0.717, 1.165) is 12.8 Å². The summed E-state index contributed by atoms with van der Waals surface area (Å²) < 4.78 is 15.1. The minimum absolute atomic E-state index is 0.177. The van der Waals surface area contributed by atoms with Crippen LogP contribution >= 0.6 is 0 Å². The first-order chi connectivity index (χ1) is 9.67. The van der Waals surface area contributed by atoms with E-state index in [9.17, 15) is 9.59 Å². The molecule has 0 saturated carbocycles. The number of rotatable bonds is 8. The van der Waals surface area contributed by atoms with Gasteiger partial charge in [0.2, 0.25) is 0 Å². The number of carbonyl (C=O) groups is 2. The van der Waals surface area contributed by atoms with Crippen molar-refractivity contribution in [3.63, 3.8) is 0 Å². The van der Waals surface area contributed by atoms with E-state index in [1.54, 1.807) is 31.2 Å². The fourth-order valence-corrected chi connectivity index (χ4v) is 1.49. The number of esters is 2. The summed E-state index contributed by atoms with van der Waals surface area (Å²) in [6.45, 7) is 2.74. The van der Waals surface area contributed by atoms with E-state index in [-0.39, 0.29) is 11.9 Å². The molecule has 0 aromatic heterocycles. The molecule has 0 saturated heterocycles. The molecule has 0 amide bonds. The molecule has 20 heavy (non-hydrogen) atoms. The lowest BCUT2D eigenvalue weighted by Gasteiger charge is -2.07. The molecule has 1 aromatic carbocycles. The number of carbonyl (C=O) groups excluding carboxylic acids is 2. The molecule has 0 aliphatic rings. The maximum atomic E-state index is 11.2. The van der Waals surface area contributed by atoms with Crippen LogP contribution in [0.1, 0.15) is 36.5 Å². The van der Waals surface area contributed by atoms with Crippen LogP contribution in [0.2, 0.25) is 0 Å². The van der Waals surface area contributed by atoms with Crippen molar-refractivity contribution in [1.82, 2.24) is 0 Å². The summed E-state index contributed by atoms with van der Waals surface area (Å²) in [5.74, 6) is 0.154. The number of methoxy groups -OCH3 is 1. The smallest absolute Gasteiger partial charge is 0.337 e. The molecule has 1 rings (SSSR count). The van der Waals surface area contributed by atoms with Crippen molar-refractivity contribution < 1.29 is 23.8 Å². The molecular weight excluding hydrogens is 260 g/mol. The molecule has 0 aliphatic heterocycles. The SMILES string of the molecule is CCC(=O)OCCCCOc1ccc(C(=O)OC)cc1. The molecule has 0 atom stereocenters. The molecule has 0 N–H and O–H groups in total. The van der Waals surface area contributed by atoms with E-state index >= 15 is 0 Å². The maximum absolute atomic E-state index is 11.2. The van der Waals surface area contributed by atoms with E-state index in [4.69, 9.17) is 9.47 Å². The van der Waals surface area contributed by atoms with Crippen LogP contribution in [0.4, 0.5) is 0 Å². The highest BCUT2D eigenvalue weighted by atomic mass is 16.5. The zero-order valence-corrected chi connectivity index (χ0v) is 11.9. The second-order valence-electron chi connectivity index (χ2n) is 4.15. The van der Waals surface area contributed by atoms with Crippen LogP contribution in [0.15, 0.2) is 24.3 Å². The summed E-state index contributed by atoms with van der Waals surface area (Å²) in [6.07, 6.45) is 1.98. The van der Waals surface area contributed by atoms with Gasteiger partial charge in [-0.05, 0) is 37.1 Å². The minimum Gasteiger partial charge on any atom is -0.494 e. The van der Waals surface area contributed by atoms with Gasteiger partial charge in [0.1, 0.15) is 5.75 Å². The predicted molar refractivity (Wildman–Crippen MR) is 73.8 cm³/mol. The van der Waals surface area contributed by atoms with Gasteiger partial charge >= 0.3 is 11.9 Å². The Balaban J connectivity index is 2.19. The Bertz CT molecular complexity index is 424. The maximum Gasteiger partial charge on any atom is 0.337 e. The van der Waals surface area contributed by atoms with E-state index in [1.165, 1.54) is 7.11 Å². The Kier molecular flexibility index (Phi) is 7.17. The van der Waals surface area contributed by atoms with Crippen LogP contribution < -0.4 is 4.74 Å². The van der Waals surface area contributed by atoms with Gasteiger partial charge in [-0.3, -0.25) is 4.79 Å². The molecule has 5 nitrogen and oxygen atoms in total. The Hall–Kier alpha value is -2.04. The molecule has 0 spiro atoms. The normalized spacial score (nSPS) is 9.90. The molecule has 110 valence electrons. The van der Waals surface area contributed by atoms with Gasteiger partial charge in [0, 0.05) is 6.42 Å². The summed E-state index contributed by atoms with van der Waals surface area (Å²) >= 11 is 0. The predicted octanol–water partition coefficient (Wildman–Crippen LogP) is 2.59. The Morgan fingerprint density at radius 2 is 1.70 bits per heavy atom. The largest absolute Gasteiger partial charge is 0.494 e. The van der Waals surface area contributed by atoms with Crippen LogP contribution in [-0.2, 0) is 14.3 Å². The number of benzene rings is 1. The molecule has 5 heteroatoms. The Morgan fingerprint density at radius 1 is 1.05 bits per heavy atom. The topological polar surface area (TPSA) is 61.8 Å². The van der Waals surface area contributed by atoms with Gasteiger partial charge in [-0.1, -0.05) is 6.92 Å². The monoisotopic (exact) mass is 280 g/mol. The molecule has 0 aliphatic carbocycles. The molecule has 0 radical (unpaired) electrons. The van der Waals surface area contributed by atoms with Gasteiger partial charge in [-0.15, -0.1) is 0 Å². The van der Waals surface area contributed by atoms with Crippen LogP contribution in [0.25, 0.3) is 0 Å². The van der Waals surface area contributed by atoms with Crippen LogP contribution in [0.3, 0.4) is 0 Å². The molecule has 0 unspecified atom stereocenters. The lowest BCUT2D eigenvalue weighted by Crippen LogP contribution is -2.06. The van der Waals surface area contributed by atoms with Crippen molar-refractivity contribution in [1.29, 1.82) is 0 Å². The number of hydrogen-bond acceptors (Lipinski definition) is 5. The van der Waals surface area contributed by atoms with Gasteiger partial charge in [0.05, 0.1) is 25.9 Å². The first-order valence-electron chi connectivity index (χ1n) is 6.64. The highest BCUT2D eigenvalue weighted by Crippen LogP contribution is 2.13. The average molecular weight is 280 g/mol. The van der Waals surface area contributed by atoms with Crippen molar-refractivity contribution in [2.24, 2.45) is 0 Å². The van der Waals surface area contributed by atoms with Gasteiger partial charge in [-0.2, -0.15) is 0 Å². The molecule has 0 heterocycles. The molecule has 0 fully saturated rings. The molecule has 1 aromatic rings. The summed E-state index contributed by atoms with van der Waals surface area (Å²) in [5, 5.41) is 0. The fourth-order valence-electron chi connectivity index (χ4n) is 1.49. The third-order valence-corrected chi connectivity index (χ3v) is 2.63. The van der Waals surface area contributed by atoms with Crippen LogP contribution in [-0.4, -0.2) is 32.3 Å². The van der Waals surface area contributed by atoms with Gasteiger partial charge < -0.3 is 14.2 Å². The van der Waals surface area contributed by atoms with Crippen molar-refractivity contribution in [3.8, 4) is 5.75 Å². The van der Waals surface area contributed by atoms with Gasteiger partial charge in [0.15, 0.2) is 0 Å². The van der Waals surface area contributed by atoms with E-state index in [1.807, 2.05) is 0 Å². The zero-order valence-electron chi connectivity index (χ0n) is 11.9. The quantitative estimate of drug-likeness (QED) is 0.541. The first kappa shape index (κ1) is 16.0.